The van der Waals surface area contributed by atoms with Gasteiger partial charge in [0.2, 0.25) is 5.91 Å². The van der Waals surface area contributed by atoms with Crippen LogP contribution < -0.4 is 31.5 Å². The smallest absolute Gasteiger partial charge is 0.407 e. The normalized spacial score (nSPS) is 12.2. The Morgan fingerprint density at radius 1 is 0.854 bits per heavy atom. The first kappa shape index (κ1) is 34.9. The molecule has 14 heteroatoms. The minimum Gasteiger partial charge on any atom is -0.496 e. The number of carbonyl (C=O) groups excluding carboxylic acids is 5. The molecule has 0 heterocycles. The maximum atomic E-state index is 12.6. The van der Waals surface area contributed by atoms with Crippen molar-refractivity contribution < 1.29 is 43.3 Å². The number of alkyl carbamates (subject to hydrolysis) is 1. The predicted octanol–water partition coefficient (Wildman–Crippen LogP) is 2.94. The van der Waals surface area contributed by atoms with Crippen molar-refractivity contribution >= 4 is 41.4 Å². The standard InChI is InChI=1S/C34H37N5O9/c1-19(2)29(40)38-39-30(41)25-17-20(14-15-28(25)47-3)36-32(43)31(42)35-16-8-13-27(33(44)45)37-34(46)48-18-26-23-11-6-4-9-21(23)22-10-5-7-12-24(22)26/h4-7,9-12,14-15,17,19,26-27H,8,13,16,18H2,1-3H3,(H,35,42)(H,36,43)(H,37,46)(H,38,40)(H,39,41)(H,44,45)/t27-/m0/s1. The fourth-order valence-electron chi connectivity index (χ4n) is 5.11. The summed E-state index contributed by atoms with van der Waals surface area (Å²) >= 11 is 0. The Morgan fingerprint density at radius 2 is 1.50 bits per heavy atom. The maximum Gasteiger partial charge on any atom is 0.407 e. The molecule has 48 heavy (non-hydrogen) atoms. The number of hydrogen-bond donors (Lipinski definition) is 6. The van der Waals surface area contributed by atoms with E-state index < -0.39 is 41.7 Å². The number of carboxylic acid groups (broad SMARTS) is 1. The molecule has 3 aromatic carbocycles. The fourth-order valence-corrected chi connectivity index (χ4v) is 5.11. The summed E-state index contributed by atoms with van der Waals surface area (Å²) in [6.45, 7) is 3.26. The molecule has 0 aromatic heterocycles. The second-order valence-corrected chi connectivity index (χ2v) is 11.2. The van der Waals surface area contributed by atoms with Crippen LogP contribution >= 0.6 is 0 Å². The molecule has 0 saturated heterocycles. The predicted molar refractivity (Wildman–Crippen MR) is 174 cm³/mol. The van der Waals surface area contributed by atoms with Crippen LogP contribution in [0.2, 0.25) is 0 Å². The zero-order chi connectivity index (χ0) is 34.8. The monoisotopic (exact) mass is 659 g/mol. The Kier molecular flexibility index (Phi) is 11.7. The molecule has 1 aliphatic carbocycles. The summed E-state index contributed by atoms with van der Waals surface area (Å²) in [6, 6.07) is 18.5. The van der Waals surface area contributed by atoms with Gasteiger partial charge in [-0.15, -0.1) is 0 Å². The van der Waals surface area contributed by atoms with Gasteiger partial charge in [-0.3, -0.25) is 30.0 Å². The number of hydrogen-bond acceptors (Lipinski definition) is 8. The summed E-state index contributed by atoms with van der Waals surface area (Å²) in [7, 11) is 1.34. The molecule has 0 unspecified atom stereocenters. The van der Waals surface area contributed by atoms with Crippen LogP contribution in [0, 0.1) is 5.92 Å². The van der Waals surface area contributed by atoms with Crippen molar-refractivity contribution in [2.45, 2.75) is 38.6 Å². The Hall–Kier alpha value is -5.92. The Labute approximate surface area is 276 Å². The average molecular weight is 660 g/mol. The van der Waals surface area contributed by atoms with E-state index >= 15 is 0 Å². The highest BCUT2D eigenvalue weighted by atomic mass is 16.5. The zero-order valence-corrected chi connectivity index (χ0v) is 26.6. The summed E-state index contributed by atoms with van der Waals surface area (Å²) in [5, 5.41) is 16.8. The van der Waals surface area contributed by atoms with E-state index in [1.165, 1.54) is 25.3 Å². The first-order chi connectivity index (χ1) is 23.0. The van der Waals surface area contributed by atoms with Gasteiger partial charge in [0.15, 0.2) is 0 Å². The number of anilines is 1. The first-order valence-electron chi connectivity index (χ1n) is 15.2. The lowest BCUT2D eigenvalue weighted by Crippen LogP contribution is -2.43. The third-order valence-corrected chi connectivity index (χ3v) is 7.62. The van der Waals surface area contributed by atoms with Crippen LogP contribution in [0.15, 0.2) is 66.7 Å². The minimum atomic E-state index is -1.29. The molecule has 6 N–H and O–H groups in total. The number of fused-ring (bicyclic) bond motifs is 3. The highest BCUT2D eigenvalue weighted by Gasteiger charge is 2.30. The molecular weight excluding hydrogens is 622 g/mol. The number of rotatable bonds is 12. The van der Waals surface area contributed by atoms with Crippen molar-refractivity contribution in [2.75, 3.05) is 25.6 Å². The van der Waals surface area contributed by atoms with Gasteiger partial charge in [-0.05, 0) is 53.3 Å². The first-order valence-corrected chi connectivity index (χ1v) is 15.2. The summed E-state index contributed by atoms with van der Waals surface area (Å²) in [6.07, 6.45) is -0.817. The van der Waals surface area contributed by atoms with Crippen LogP contribution in [-0.2, 0) is 23.9 Å². The quantitative estimate of drug-likeness (QED) is 0.0961. The van der Waals surface area contributed by atoms with Gasteiger partial charge in [0.1, 0.15) is 18.4 Å². The average Bonchev–Trinajstić information content (AvgIpc) is 3.40. The molecule has 4 rings (SSSR count). The number of methoxy groups -OCH3 is 1. The lowest BCUT2D eigenvalue weighted by Gasteiger charge is -2.17. The molecule has 252 valence electrons. The summed E-state index contributed by atoms with van der Waals surface area (Å²) in [5.41, 5.74) is 8.79. The van der Waals surface area contributed by atoms with Crippen LogP contribution in [-0.4, -0.2) is 67.1 Å². The van der Waals surface area contributed by atoms with E-state index in [4.69, 9.17) is 9.47 Å². The molecule has 1 aliphatic rings. The number of ether oxygens (including phenoxy) is 2. The second kappa shape index (κ2) is 16.1. The molecule has 0 fully saturated rings. The van der Waals surface area contributed by atoms with E-state index in [1.807, 2.05) is 48.5 Å². The van der Waals surface area contributed by atoms with Gasteiger partial charge < -0.3 is 30.5 Å². The molecule has 5 amide bonds. The number of carboxylic acids is 1. The van der Waals surface area contributed by atoms with E-state index in [0.717, 1.165) is 22.3 Å². The van der Waals surface area contributed by atoms with Gasteiger partial charge in [-0.25, -0.2) is 9.59 Å². The van der Waals surface area contributed by atoms with Crippen LogP contribution in [0.1, 0.15) is 54.1 Å². The minimum absolute atomic E-state index is 0.0108. The van der Waals surface area contributed by atoms with Crippen molar-refractivity contribution in [3.05, 3.63) is 83.4 Å². The second-order valence-electron chi connectivity index (χ2n) is 11.2. The van der Waals surface area contributed by atoms with Crippen LogP contribution in [0.4, 0.5) is 10.5 Å². The largest absolute Gasteiger partial charge is 0.496 e. The highest BCUT2D eigenvalue weighted by molar-refractivity contribution is 6.39. The molecule has 0 bridgehead atoms. The maximum absolute atomic E-state index is 12.6. The van der Waals surface area contributed by atoms with E-state index in [-0.39, 0.29) is 54.8 Å². The van der Waals surface area contributed by atoms with Gasteiger partial charge in [0.25, 0.3) is 5.91 Å². The molecule has 0 saturated carbocycles. The van der Waals surface area contributed by atoms with Gasteiger partial charge in [-0.2, -0.15) is 0 Å². The van der Waals surface area contributed by atoms with Crippen LogP contribution in [0.25, 0.3) is 11.1 Å². The summed E-state index contributed by atoms with van der Waals surface area (Å²) in [5.74, 6) is -4.84. The summed E-state index contributed by atoms with van der Waals surface area (Å²) < 4.78 is 10.6. The van der Waals surface area contributed by atoms with Gasteiger partial charge in [0.05, 0.1) is 12.7 Å². The number of aliphatic carboxylic acids is 1. The molecule has 0 radical (unpaired) electrons. The number of nitrogens with one attached hydrogen (secondary N) is 5. The van der Waals surface area contributed by atoms with Crippen molar-refractivity contribution in [3.8, 4) is 16.9 Å². The fraction of sp³-hybridized carbons (Fsp3) is 0.294. The van der Waals surface area contributed by atoms with E-state index in [9.17, 15) is 33.9 Å². The van der Waals surface area contributed by atoms with E-state index in [2.05, 4.69) is 26.8 Å². The third kappa shape index (κ3) is 8.66. The lowest BCUT2D eigenvalue weighted by atomic mass is 9.98. The number of hydrazine groups is 1. The number of carbonyl (C=O) groups is 6. The van der Waals surface area contributed by atoms with Gasteiger partial charge in [0, 0.05) is 24.1 Å². The highest BCUT2D eigenvalue weighted by Crippen LogP contribution is 2.44. The number of benzene rings is 3. The lowest BCUT2D eigenvalue weighted by molar-refractivity contribution is -0.139. The topological polar surface area (TPSA) is 201 Å². The SMILES string of the molecule is COc1ccc(NC(=O)C(=O)NCCC[C@H](NC(=O)OCC2c3ccccc3-c3ccccc32)C(=O)O)cc1C(=O)NNC(=O)C(C)C. The molecular formula is C34H37N5O9. The molecule has 0 spiro atoms. The van der Waals surface area contributed by atoms with E-state index in [0.29, 0.717) is 0 Å². The van der Waals surface area contributed by atoms with Gasteiger partial charge >= 0.3 is 23.9 Å². The van der Waals surface area contributed by atoms with Crippen molar-refractivity contribution in [2.24, 2.45) is 5.92 Å². The van der Waals surface area contributed by atoms with Crippen molar-refractivity contribution in [1.29, 1.82) is 0 Å². The molecule has 14 nitrogen and oxygen atoms in total. The zero-order valence-electron chi connectivity index (χ0n) is 26.6. The van der Waals surface area contributed by atoms with E-state index in [1.54, 1.807) is 13.8 Å². The van der Waals surface area contributed by atoms with Crippen molar-refractivity contribution in [1.82, 2.24) is 21.5 Å². The van der Waals surface area contributed by atoms with Gasteiger partial charge in [-0.1, -0.05) is 62.4 Å². The Bertz CT molecular complexity index is 1660. The summed E-state index contributed by atoms with van der Waals surface area (Å²) in [4.78, 5) is 73.6. The Morgan fingerprint density at radius 3 is 2.10 bits per heavy atom. The van der Waals surface area contributed by atoms with Crippen LogP contribution in [0.5, 0.6) is 5.75 Å². The molecule has 0 aliphatic heterocycles. The van der Waals surface area contributed by atoms with Crippen LogP contribution in [0.3, 0.4) is 0 Å². The third-order valence-electron chi connectivity index (χ3n) is 7.62. The van der Waals surface area contributed by atoms with Crippen molar-refractivity contribution in [3.63, 3.8) is 0 Å². The number of amides is 5. The molecule has 3 aromatic rings. The molecule has 1 atom stereocenters. The Balaban J connectivity index is 1.23.